The number of carbonyl (C=O) groups is 1. The molecule has 2 aromatic carbocycles. The largest absolute Gasteiger partial charge is 0.344 e. The van der Waals surface area contributed by atoms with E-state index in [1.54, 1.807) is 0 Å². The molecule has 1 fully saturated rings. The van der Waals surface area contributed by atoms with Gasteiger partial charge in [-0.2, -0.15) is 5.10 Å². The van der Waals surface area contributed by atoms with Crippen LogP contribution in [0.5, 0.6) is 0 Å². The van der Waals surface area contributed by atoms with E-state index in [-0.39, 0.29) is 11.9 Å². The van der Waals surface area contributed by atoms with Gasteiger partial charge in [0.25, 0.3) is 5.91 Å². The van der Waals surface area contributed by atoms with Crippen molar-refractivity contribution in [3.05, 3.63) is 65.5 Å². The third-order valence-electron chi connectivity index (χ3n) is 4.48. The van der Waals surface area contributed by atoms with E-state index < -0.39 is 0 Å². The van der Waals surface area contributed by atoms with Crippen molar-refractivity contribution in [1.82, 2.24) is 15.5 Å². The Hall–Kier alpha value is -2.62. The predicted molar refractivity (Wildman–Crippen MR) is 90.4 cm³/mol. The maximum Gasteiger partial charge on any atom is 0.272 e. The molecular formula is C19H19N3O. The molecule has 1 saturated carbocycles. The van der Waals surface area contributed by atoms with Crippen molar-refractivity contribution in [1.29, 1.82) is 0 Å². The number of aromatic nitrogens is 2. The van der Waals surface area contributed by atoms with Crippen molar-refractivity contribution < 1.29 is 4.79 Å². The van der Waals surface area contributed by atoms with E-state index >= 15 is 0 Å². The molecule has 1 atom stereocenters. The molecule has 1 aliphatic carbocycles. The summed E-state index contributed by atoms with van der Waals surface area (Å²) in [7, 11) is 0. The lowest BCUT2D eigenvalue weighted by atomic mass is 9.99. The third-order valence-corrected chi connectivity index (χ3v) is 4.48. The summed E-state index contributed by atoms with van der Waals surface area (Å²) in [5.41, 5.74) is 2.67. The van der Waals surface area contributed by atoms with E-state index in [0.717, 1.165) is 11.3 Å². The van der Waals surface area contributed by atoms with Gasteiger partial charge in [-0.05, 0) is 42.2 Å². The van der Waals surface area contributed by atoms with Gasteiger partial charge in [-0.3, -0.25) is 9.89 Å². The summed E-state index contributed by atoms with van der Waals surface area (Å²) in [6.07, 6.45) is 2.38. The average molecular weight is 305 g/mol. The molecule has 0 bridgehead atoms. The Morgan fingerprint density at radius 1 is 1.22 bits per heavy atom. The minimum Gasteiger partial charge on any atom is -0.344 e. The summed E-state index contributed by atoms with van der Waals surface area (Å²) >= 11 is 0. The fourth-order valence-corrected chi connectivity index (χ4v) is 3.03. The van der Waals surface area contributed by atoms with Gasteiger partial charge >= 0.3 is 0 Å². The lowest BCUT2D eigenvalue weighted by molar-refractivity contribution is 0.0935. The molecule has 2 N–H and O–H groups in total. The number of nitrogens with one attached hydrogen (secondary N) is 2. The number of amides is 1. The summed E-state index contributed by atoms with van der Waals surface area (Å²) in [6.45, 7) is 2.01. The Kier molecular flexibility index (Phi) is 3.37. The third kappa shape index (κ3) is 2.72. The minimum absolute atomic E-state index is 0.0744. The zero-order valence-electron chi connectivity index (χ0n) is 13.0. The van der Waals surface area contributed by atoms with Crippen LogP contribution in [0.15, 0.2) is 48.5 Å². The minimum atomic E-state index is -0.131. The van der Waals surface area contributed by atoms with Crippen LogP contribution in [0.1, 0.15) is 53.5 Å². The zero-order valence-corrected chi connectivity index (χ0v) is 13.0. The number of hydrogen-bond donors (Lipinski definition) is 2. The molecular weight excluding hydrogens is 286 g/mol. The predicted octanol–water partition coefficient (Wildman–Crippen LogP) is 3.93. The maximum atomic E-state index is 12.4. The fraction of sp³-hybridized carbons (Fsp3) is 0.263. The Morgan fingerprint density at radius 3 is 2.83 bits per heavy atom. The van der Waals surface area contributed by atoms with Crippen LogP contribution < -0.4 is 5.32 Å². The number of fused-ring (bicyclic) bond motifs is 1. The molecule has 0 aliphatic heterocycles. The van der Waals surface area contributed by atoms with Crippen LogP contribution in [0.4, 0.5) is 0 Å². The summed E-state index contributed by atoms with van der Waals surface area (Å²) in [5, 5.41) is 12.5. The zero-order chi connectivity index (χ0) is 15.8. The topological polar surface area (TPSA) is 57.8 Å². The second kappa shape index (κ2) is 5.54. The molecule has 0 radical (unpaired) electrons. The molecule has 0 saturated heterocycles. The highest BCUT2D eigenvalue weighted by Crippen LogP contribution is 2.39. The fourth-order valence-electron chi connectivity index (χ4n) is 3.03. The van der Waals surface area contributed by atoms with Gasteiger partial charge in [-0.1, -0.05) is 42.5 Å². The van der Waals surface area contributed by atoms with Gasteiger partial charge in [-0.25, -0.2) is 0 Å². The Bertz CT molecular complexity index is 858. The standard InChI is InChI=1S/C19H19N3O/c1-12(15-8-4-6-13-5-2-3-7-16(13)15)20-19(23)18-11-17(21-22-18)14-9-10-14/h2-8,11-12,14H,9-10H2,1H3,(H,20,23)(H,21,22). The maximum absolute atomic E-state index is 12.4. The van der Waals surface area contributed by atoms with Gasteiger partial charge in [0, 0.05) is 11.6 Å². The van der Waals surface area contributed by atoms with Crippen LogP contribution in [0, 0.1) is 0 Å². The molecule has 1 aliphatic rings. The van der Waals surface area contributed by atoms with Crippen LogP contribution in [-0.4, -0.2) is 16.1 Å². The van der Waals surface area contributed by atoms with E-state index in [4.69, 9.17) is 0 Å². The van der Waals surface area contributed by atoms with Gasteiger partial charge in [0.1, 0.15) is 5.69 Å². The number of hydrogen-bond acceptors (Lipinski definition) is 2. The average Bonchev–Trinajstić information content (AvgIpc) is 3.31. The summed E-state index contributed by atoms with van der Waals surface area (Å²) < 4.78 is 0. The number of nitrogens with zero attached hydrogens (tertiary/aromatic N) is 1. The quantitative estimate of drug-likeness (QED) is 0.767. The second-order valence-corrected chi connectivity index (χ2v) is 6.25. The van der Waals surface area contributed by atoms with Gasteiger partial charge in [0.05, 0.1) is 6.04 Å². The van der Waals surface area contributed by atoms with Crippen LogP contribution >= 0.6 is 0 Å². The van der Waals surface area contributed by atoms with E-state index in [9.17, 15) is 4.79 Å². The van der Waals surface area contributed by atoms with Crippen molar-refractivity contribution in [3.8, 4) is 0 Å². The first-order valence-electron chi connectivity index (χ1n) is 8.06. The summed E-state index contributed by atoms with van der Waals surface area (Å²) in [5.74, 6) is 0.438. The van der Waals surface area contributed by atoms with Crippen LogP contribution in [0.2, 0.25) is 0 Å². The van der Waals surface area contributed by atoms with Crippen LogP contribution in [-0.2, 0) is 0 Å². The van der Waals surface area contributed by atoms with E-state index in [2.05, 4.69) is 39.8 Å². The summed E-state index contributed by atoms with van der Waals surface area (Å²) in [6, 6.07) is 16.2. The smallest absolute Gasteiger partial charge is 0.272 e. The molecule has 116 valence electrons. The molecule has 3 aromatic rings. The Morgan fingerprint density at radius 2 is 2.00 bits per heavy atom. The lowest BCUT2D eigenvalue weighted by Crippen LogP contribution is -2.27. The molecule has 4 heteroatoms. The molecule has 4 rings (SSSR count). The van der Waals surface area contributed by atoms with Gasteiger partial charge < -0.3 is 5.32 Å². The molecule has 1 unspecified atom stereocenters. The second-order valence-electron chi connectivity index (χ2n) is 6.25. The summed E-state index contributed by atoms with van der Waals surface area (Å²) in [4.78, 5) is 12.4. The highest BCUT2D eigenvalue weighted by Gasteiger charge is 2.26. The Labute approximate surface area is 134 Å². The number of rotatable bonds is 4. The van der Waals surface area contributed by atoms with E-state index in [1.165, 1.54) is 23.6 Å². The van der Waals surface area contributed by atoms with E-state index in [1.807, 2.05) is 31.2 Å². The van der Waals surface area contributed by atoms with Gasteiger partial charge in [-0.15, -0.1) is 0 Å². The number of H-pyrrole nitrogens is 1. The molecule has 1 heterocycles. The van der Waals surface area contributed by atoms with Crippen molar-refractivity contribution in [2.75, 3.05) is 0 Å². The van der Waals surface area contributed by atoms with Crippen molar-refractivity contribution in [3.63, 3.8) is 0 Å². The molecule has 0 spiro atoms. The van der Waals surface area contributed by atoms with Crippen LogP contribution in [0.3, 0.4) is 0 Å². The Balaban J connectivity index is 1.56. The first-order valence-corrected chi connectivity index (χ1v) is 8.06. The van der Waals surface area contributed by atoms with Gasteiger partial charge in [0.15, 0.2) is 0 Å². The van der Waals surface area contributed by atoms with E-state index in [0.29, 0.717) is 11.6 Å². The first kappa shape index (κ1) is 14.0. The first-order chi connectivity index (χ1) is 11.2. The van der Waals surface area contributed by atoms with Crippen molar-refractivity contribution in [2.45, 2.75) is 31.7 Å². The molecule has 1 amide bonds. The molecule has 1 aromatic heterocycles. The lowest BCUT2D eigenvalue weighted by Gasteiger charge is -2.16. The van der Waals surface area contributed by atoms with Crippen LogP contribution in [0.25, 0.3) is 10.8 Å². The number of carbonyl (C=O) groups excluding carboxylic acids is 1. The number of benzene rings is 2. The monoisotopic (exact) mass is 305 g/mol. The van der Waals surface area contributed by atoms with Gasteiger partial charge in [0.2, 0.25) is 0 Å². The van der Waals surface area contributed by atoms with Crippen molar-refractivity contribution in [2.24, 2.45) is 0 Å². The highest BCUT2D eigenvalue weighted by atomic mass is 16.2. The van der Waals surface area contributed by atoms with Crippen molar-refractivity contribution >= 4 is 16.7 Å². The number of aromatic amines is 1. The molecule has 4 nitrogen and oxygen atoms in total. The normalized spacial score (nSPS) is 15.5. The SMILES string of the molecule is CC(NC(=O)c1cc(C2CC2)[nH]n1)c1cccc2ccccc12. The molecule has 23 heavy (non-hydrogen) atoms. The highest BCUT2D eigenvalue weighted by molar-refractivity contribution is 5.93.